The highest BCUT2D eigenvalue weighted by Crippen LogP contribution is 2.42. The van der Waals surface area contributed by atoms with E-state index >= 15 is 0 Å². The molecule has 182 valence electrons. The van der Waals surface area contributed by atoms with Crippen molar-refractivity contribution in [2.75, 3.05) is 24.6 Å². The maximum Gasteiger partial charge on any atom is 0.416 e. The predicted octanol–water partition coefficient (Wildman–Crippen LogP) is 2.67. The number of halogens is 4. The summed E-state index contributed by atoms with van der Waals surface area (Å²) in [6, 6.07) is 3.25. The highest BCUT2D eigenvalue weighted by atomic mass is 19.4. The zero-order chi connectivity index (χ0) is 24.5. The highest BCUT2D eigenvalue weighted by Gasteiger charge is 2.38. The van der Waals surface area contributed by atoms with Gasteiger partial charge < -0.3 is 25.2 Å². The maximum atomic E-state index is 13.9. The van der Waals surface area contributed by atoms with Gasteiger partial charge in [-0.1, -0.05) is 0 Å². The summed E-state index contributed by atoms with van der Waals surface area (Å²) in [4.78, 5) is 18.1. The van der Waals surface area contributed by atoms with Crippen molar-refractivity contribution in [2.24, 2.45) is 0 Å². The Hall–Kier alpha value is -3.45. The van der Waals surface area contributed by atoms with E-state index in [0.29, 0.717) is 25.2 Å². The number of carbonyl (C=O) groups is 1. The lowest BCUT2D eigenvalue weighted by atomic mass is 9.97. The van der Waals surface area contributed by atoms with Crippen molar-refractivity contribution < 1.29 is 37.3 Å². The summed E-state index contributed by atoms with van der Waals surface area (Å²) in [6.07, 6.45) is -3.01. The van der Waals surface area contributed by atoms with Crippen LogP contribution in [0.5, 0.6) is 5.75 Å². The van der Waals surface area contributed by atoms with E-state index in [4.69, 9.17) is 9.84 Å². The number of nitrogens with zero attached hydrogens (tertiary/aromatic N) is 4. The molecule has 2 aromatic heterocycles. The smallest absolute Gasteiger partial charge is 0.405 e. The Labute approximate surface area is 190 Å². The van der Waals surface area contributed by atoms with Gasteiger partial charge >= 0.3 is 12.3 Å². The molecule has 4 rings (SSSR count). The van der Waals surface area contributed by atoms with Crippen LogP contribution in [0.1, 0.15) is 30.0 Å². The zero-order valence-corrected chi connectivity index (χ0v) is 17.7. The van der Waals surface area contributed by atoms with Crippen LogP contribution in [-0.4, -0.2) is 56.7 Å². The van der Waals surface area contributed by atoms with Crippen molar-refractivity contribution in [2.45, 2.75) is 31.2 Å². The van der Waals surface area contributed by atoms with Gasteiger partial charge in [-0.2, -0.15) is 18.3 Å². The largest absolute Gasteiger partial charge is 0.416 e. The number of alkyl halides is 3. The third kappa shape index (κ3) is 4.89. The van der Waals surface area contributed by atoms with Crippen molar-refractivity contribution in [3.8, 4) is 5.75 Å². The van der Waals surface area contributed by atoms with Crippen LogP contribution in [0.4, 0.5) is 28.2 Å². The van der Waals surface area contributed by atoms with E-state index in [2.05, 4.69) is 15.4 Å². The van der Waals surface area contributed by atoms with Crippen LogP contribution in [-0.2, 0) is 6.18 Å². The third-order valence-electron chi connectivity index (χ3n) is 5.44. The molecule has 0 spiro atoms. The summed E-state index contributed by atoms with van der Waals surface area (Å²) in [5.74, 6) is -0.466. The topological polar surface area (TPSA) is 112 Å². The van der Waals surface area contributed by atoms with Crippen LogP contribution < -0.4 is 15.0 Å². The second-order valence-corrected chi connectivity index (χ2v) is 7.75. The summed E-state index contributed by atoms with van der Waals surface area (Å²) >= 11 is 0. The molecule has 0 saturated carbocycles. The van der Waals surface area contributed by atoms with Crippen LogP contribution in [0.25, 0.3) is 5.65 Å². The zero-order valence-electron chi connectivity index (χ0n) is 17.7. The van der Waals surface area contributed by atoms with E-state index in [-0.39, 0.29) is 23.5 Å². The van der Waals surface area contributed by atoms with Crippen LogP contribution in [0.2, 0.25) is 0 Å². The molecule has 0 radical (unpaired) electrons. The van der Waals surface area contributed by atoms with Crippen molar-refractivity contribution in [3.63, 3.8) is 0 Å². The number of anilines is 1. The van der Waals surface area contributed by atoms with Crippen molar-refractivity contribution in [1.29, 1.82) is 0 Å². The molecule has 0 aliphatic carbocycles. The predicted molar refractivity (Wildman–Crippen MR) is 111 cm³/mol. The van der Waals surface area contributed by atoms with Crippen LogP contribution >= 0.6 is 0 Å². The number of benzene rings is 1. The molecule has 13 heteroatoms. The van der Waals surface area contributed by atoms with Crippen LogP contribution in [0.3, 0.4) is 0 Å². The highest BCUT2D eigenvalue weighted by molar-refractivity contribution is 5.73. The van der Waals surface area contributed by atoms with E-state index in [9.17, 15) is 27.5 Å². The lowest BCUT2D eigenvalue weighted by Gasteiger charge is -2.28. The average molecular weight is 483 g/mol. The molecule has 1 aromatic carbocycles. The molecular formula is C21H21F4N5O4. The summed E-state index contributed by atoms with van der Waals surface area (Å²) < 4.78 is 61.1. The summed E-state index contributed by atoms with van der Waals surface area (Å²) in [6.45, 7) is -0.385. The number of fused-ring (bicyclic) bond motifs is 1. The fourth-order valence-electron chi connectivity index (χ4n) is 3.90. The molecule has 1 aliphatic rings. The number of aromatic nitrogens is 3. The second kappa shape index (κ2) is 9.43. The quantitative estimate of drug-likeness (QED) is 0.462. The number of hydrogen-bond donors (Lipinski definition) is 3. The lowest BCUT2D eigenvalue weighted by Crippen LogP contribution is -2.35. The number of nitrogens with one attached hydrogen (secondary N) is 1. The number of carbonyl (C=O) groups excluding carboxylic acids is 1. The monoisotopic (exact) mass is 483 g/mol. The van der Waals surface area contributed by atoms with Gasteiger partial charge in [-0.25, -0.2) is 18.7 Å². The first-order chi connectivity index (χ1) is 16.2. The number of amides is 1. The first-order valence-corrected chi connectivity index (χ1v) is 10.4. The molecule has 2 atom stereocenters. The number of hydrogen-bond acceptors (Lipinski definition) is 7. The first-order valence-electron chi connectivity index (χ1n) is 10.4. The Morgan fingerprint density at radius 2 is 2.12 bits per heavy atom. The second-order valence-electron chi connectivity index (χ2n) is 7.75. The van der Waals surface area contributed by atoms with Gasteiger partial charge in [0.1, 0.15) is 11.6 Å². The number of aliphatic hydroxyl groups is 2. The Morgan fingerprint density at radius 3 is 2.85 bits per heavy atom. The van der Waals surface area contributed by atoms with Gasteiger partial charge in [-0.05, 0) is 42.7 Å². The molecule has 9 nitrogen and oxygen atoms in total. The van der Waals surface area contributed by atoms with Gasteiger partial charge in [0, 0.05) is 19.3 Å². The minimum atomic E-state index is -4.64. The standard InChI is InChI=1S/C21H21F4N5O4/c22-12-3-4-15(21(23,24)25)14(8-12)16-2-1-6-29(16)18-5-7-30-19(28-18)17(10-27-30)34-20(33)26-9-13(32)11-31/h3-5,7-8,10,13,16,31-32H,1-2,6,9,11H2,(H,26,33)/t13-,16+/m0/s1. The maximum absolute atomic E-state index is 13.9. The molecule has 0 bridgehead atoms. The van der Waals surface area contributed by atoms with E-state index in [1.807, 2.05) is 0 Å². The molecule has 34 heavy (non-hydrogen) atoms. The normalized spacial score (nSPS) is 17.2. The Bertz CT molecular complexity index is 1190. The van der Waals surface area contributed by atoms with Crippen molar-refractivity contribution in [1.82, 2.24) is 19.9 Å². The van der Waals surface area contributed by atoms with E-state index in [1.165, 1.54) is 16.9 Å². The molecule has 1 aliphatic heterocycles. The number of ether oxygens (including phenoxy) is 1. The van der Waals surface area contributed by atoms with Gasteiger partial charge in [0.25, 0.3) is 0 Å². The fraction of sp³-hybridized carbons (Fsp3) is 0.381. The lowest BCUT2D eigenvalue weighted by molar-refractivity contribution is -0.138. The van der Waals surface area contributed by atoms with E-state index in [1.54, 1.807) is 11.0 Å². The minimum absolute atomic E-state index is 0.0182. The first kappa shape index (κ1) is 23.7. The fourth-order valence-corrected chi connectivity index (χ4v) is 3.90. The molecule has 1 saturated heterocycles. The summed E-state index contributed by atoms with van der Waals surface area (Å²) in [5, 5.41) is 24.4. The van der Waals surface area contributed by atoms with Gasteiger partial charge in [-0.3, -0.25) is 0 Å². The summed E-state index contributed by atoms with van der Waals surface area (Å²) in [7, 11) is 0. The summed E-state index contributed by atoms with van der Waals surface area (Å²) in [5.41, 5.74) is -0.934. The molecule has 0 unspecified atom stereocenters. The molecule has 3 N–H and O–H groups in total. The van der Waals surface area contributed by atoms with Crippen molar-refractivity contribution in [3.05, 3.63) is 53.6 Å². The van der Waals surface area contributed by atoms with Gasteiger partial charge in [0.05, 0.1) is 30.5 Å². The molecule has 3 aromatic rings. The SMILES string of the molecule is O=C(NC[C@H](O)CO)Oc1cnn2ccc(N3CCC[C@@H]3c3cc(F)ccc3C(F)(F)F)nc12. The van der Waals surface area contributed by atoms with Gasteiger partial charge in [0.15, 0.2) is 5.75 Å². The molecule has 1 fully saturated rings. The number of rotatable bonds is 6. The molecule has 3 heterocycles. The molecule has 1 amide bonds. The Kier molecular flexibility index (Phi) is 6.57. The Balaban J connectivity index is 1.62. The van der Waals surface area contributed by atoms with Gasteiger partial charge in [0.2, 0.25) is 5.65 Å². The van der Waals surface area contributed by atoms with Gasteiger partial charge in [-0.15, -0.1) is 0 Å². The van der Waals surface area contributed by atoms with E-state index < -0.39 is 42.4 Å². The number of aliphatic hydroxyl groups excluding tert-OH is 2. The van der Waals surface area contributed by atoms with Crippen LogP contribution in [0.15, 0.2) is 36.7 Å². The molecular weight excluding hydrogens is 462 g/mol. The third-order valence-corrected chi connectivity index (χ3v) is 5.44. The Morgan fingerprint density at radius 1 is 1.32 bits per heavy atom. The average Bonchev–Trinajstić information content (AvgIpc) is 3.43. The van der Waals surface area contributed by atoms with Crippen molar-refractivity contribution >= 4 is 17.6 Å². The van der Waals surface area contributed by atoms with E-state index in [0.717, 1.165) is 18.2 Å². The minimum Gasteiger partial charge on any atom is -0.405 e. The van der Waals surface area contributed by atoms with Crippen LogP contribution in [0, 0.1) is 5.82 Å².